The highest BCUT2D eigenvalue weighted by molar-refractivity contribution is 7.91. The molecule has 0 saturated carbocycles. The topological polar surface area (TPSA) is 73.2 Å². The van der Waals surface area contributed by atoms with Gasteiger partial charge in [-0.2, -0.15) is 5.10 Å². The molecular weight excluding hydrogens is 374 g/mol. The average Bonchev–Trinajstić information content (AvgIpc) is 3.36. The third-order valence-electron chi connectivity index (χ3n) is 5.51. The van der Waals surface area contributed by atoms with Gasteiger partial charge in [0.2, 0.25) is 9.84 Å². The maximum atomic E-state index is 13.3. The van der Waals surface area contributed by atoms with Crippen LogP contribution in [-0.2, 0) is 16.4 Å². The van der Waals surface area contributed by atoms with Crippen molar-refractivity contribution in [1.29, 1.82) is 0 Å². The van der Waals surface area contributed by atoms with Crippen LogP contribution in [0.2, 0.25) is 0 Å². The lowest BCUT2D eigenvalue weighted by Crippen LogP contribution is -2.37. The number of aromatic nitrogens is 2. The zero-order chi connectivity index (χ0) is 19.1. The lowest BCUT2D eigenvalue weighted by molar-refractivity contribution is 0.171. The Morgan fingerprint density at radius 2 is 2.00 bits per heavy atom. The number of nitrogens with zero attached hydrogens (tertiary/aromatic N) is 2. The van der Waals surface area contributed by atoms with Crippen molar-refractivity contribution in [2.75, 3.05) is 13.1 Å². The molecule has 7 heteroatoms. The molecule has 144 valence electrons. The molecule has 0 bridgehead atoms. The Morgan fingerprint density at radius 1 is 1.14 bits per heavy atom. The van der Waals surface area contributed by atoms with Crippen molar-refractivity contribution in [3.63, 3.8) is 0 Å². The number of sulfone groups is 1. The molecule has 1 saturated heterocycles. The number of nitrogens with one attached hydrogen (secondary N) is 1. The number of hydrogen-bond donors (Lipinski definition) is 1. The van der Waals surface area contributed by atoms with E-state index in [0.717, 1.165) is 36.4 Å². The maximum Gasteiger partial charge on any atom is 0.206 e. The van der Waals surface area contributed by atoms with Crippen LogP contribution >= 0.6 is 0 Å². The fourth-order valence-electron chi connectivity index (χ4n) is 4.12. The second kappa shape index (κ2) is 6.76. The summed E-state index contributed by atoms with van der Waals surface area (Å²) in [7, 11) is -3.61. The minimum atomic E-state index is -3.61. The quantitative estimate of drug-likeness (QED) is 0.735. The fourth-order valence-corrected chi connectivity index (χ4v) is 5.48. The van der Waals surface area contributed by atoms with E-state index in [0.29, 0.717) is 16.3 Å². The number of piperidine rings is 1. The van der Waals surface area contributed by atoms with Crippen LogP contribution in [0.15, 0.2) is 70.7 Å². The van der Waals surface area contributed by atoms with E-state index in [1.165, 1.54) is 0 Å². The van der Waals surface area contributed by atoms with E-state index < -0.39 is 9.84 Å². The van der Waals surface area contributed by atoms with E-state index in [1.807, 2.05) is 24.4 Å². The van der Waals surface area contributed by atoms with Gasteiger partial charge in [0.05, 0.1) is 16.3 Å². The Morgan fingerprint density at radius 3 is 2.79 bits per heavy atom. The van der Waals surface area contributed by atoms with Gasteiger partial charge in [0.25, 0.3) is 0 Å². The van der Waals surface area contributed by atoms with E-state index in [4.69, 9.17) is 4.74 Å². The van der Waals surface area contributed by atoms with Gasteiger partial charge < -0.3 is 10.1 Å². The highest BCUT2D eigenvalue weighted by atomic mass is 32.2. The molecule has 1 fully saturated rings. The molecule has 2 atom stereocenters. The molecular formula is C21H21N3O3S. The van der Waals surface area contributed by atoms with Gasteiger partial charge in [-0.15, -0.1) is 0 Å². The molecule has 6 nitrogen and oxygen atoms in total. The van der Waals surface area contributed by atoms with Crippen molar-refractivity contribution < 1.29 is 13.2 Å². The maximum absolute atomic E-state index is 13.3. The minimum absolute atomic E-state index is 0.0994. The normalized spacial score (nSPS) is 21.0. The standard InChI is InChI=1S/C21H21N3O3S/c25-28(26,16-5-2-1-3-6-16)17-11-15(14-24-10-4-8-23-24)21-18(12-17)19-13-22-9-7-20(19)27-21/h1-6,8,10-12,19-20,22H,7,9,13-14H2. The molecule has 28 heavy (non-hydrogen) atoms. The fraction of sp³-hybridized carbons (Fsp3) is 0.286. The van der Waals surface area contributed by atoms with Crippen LogP contribution in [0.4, 0.5) is 0 Å². The summed E-state index contributed by atoms with van der Waals surface area (Å²) >= 11 is 0. The largest absolute Gasteiger partial charge is 0.489 e. The van der Waals surface area contributed by atoms with Crippen molar-refractivity contribution >= 4 is 9.84 Å². The number of fused-ring (bicyclic) bond motifs is 3. The zero-order valence-corrected chi connectivity index (χ0v) is 16.1. The highest BCUT2D eigenvalue weighted by Gasteiger charge is 2.38. The van der Waals surface area contributed by atoms with E-state index in [9.17, 15) is 8.42 Å². The molecule has 0 spiro atoms. The molecule has 2 aliphatic rings. The van der Waals surface area contributed by atoms with Gasteiger partial charge >= 0.3 is 0 Å². The van der Waals surface area contributed by atoms with Gasteiger partial charge in [-0.25, -0.2) is 8.42 Å². The van der Waals surface area contributed by atoms with Gasteiger partial charge in [-0.1, -0.05) is 18.2 Å². The van der Waals surface area contributed by atoms with Crippen LogP contribution in [0, 0.1) is 0 Å². The molecule has 1 N–H and O–H groups in total. The Hall–Kier alpha value is -2.64. The molecule has 3 heterocycles. The Labute approximate surface area is 164 Å². The Kier molecular flexibility index (Phi) is 4.21. The lowest BCUT2D eigenvalue weighted by Gasteiger charge is -2.24. The second-order valence-corrected chi connectivity index (χ2v) is 9.23. The first kappa shape index (κ1) is 17.5. The van der Waals surface area contributed by atoms with Crippen molar-refractivity contribution in [2.45, 2.75) is 34.8 Å². The van der Waals surface area contributed by atoms with Crippen LogP contribution in [0.1, 0.15) is 23.5 Å². The molecule has 0 radical (unpaired) electrons. The first-order valence-electron chi connectivity index (χ1n) is 9.45. The first-order valence-corrected chi connectivity index (χ1v) is 10.9. The van der Waals surface area contributed by atoms with Gasteiger partial charge in [-0.3, -0.25) is 4.68 Å². The van der Waals surface area contributed by atoms with Crippen molar-refractivity contribution in [1.82, 2.24) is 15.1 Å². The summed E-state index contributed by atoms with van der Waals surface area (Å²) in [6, 6.07) is 14.0. The zero-order valence-electron chi connectivity index (χ0n) is 15.3. The van der Waals surface area contributed by atoms with E-state index >= 15 is 0 Å². The first-order chi connectivity index (χ1) is 13.6. The van der Waals surface area contributed by atoms with Gasteiger partial charge in [0.1, 0.15) is 11.9 Å². The second-order valence-electron chi connectivity index (χ2n) is 7.28. The lowest BCUT2D eigenvalue weighted by atomic mass is 9.90. The summed E-state index contributed by atoms with van der Waals surface area (Å²) in [6.45, 7) is 2.19. The summed E-state index contributed by atoms with van der Waals surface area (Å²) in [6.07, 6.45) is 4.60. The van der Waals surface area contributed by atoms with E-state index in [1.54, 1.807) is 41.2 Å². The van der Waals surface area contributed by atoms with Crippen LogP contribution < -0.4 is 10.1 Å². The molecule has 5 rings (SSSR count). The van der Waals surface area contributed by atoms with Crippen LogP contribution in [0.3, 0.4) is 0 Å². The van der Waals surface area contributed by atoms with Crippen LogP contribution in [0.25, 0.3) is 0 Å². The SMILES string of the molecule is O=S(=O)(c1ccccc1)c1cc(Cn2cccn2)c2c(c1)C1CNCCC1O2. The third kappa shape index (κ3) is 2.91. The molecule has 2 unspecified atom stereocenters. The third-order valence-corrected chi connectivity index (χ3v) is 7.26. The summed E-state index contributed by atoms with van der Waals surface area (Å²) in [5.41, 5.74) is 1.83. The van der Waals surface area contributed by atoms with Gasteiger partial charge in [0, 0.05) is 36.0 Å². The highest BCUT2D eigenvalue weighted by Crippen LogP contribution is 2.44. The van der Waals surface area contributed by atoms with Crippen molar-refractivity contribution in [3.8, 4) is 5.75 Å². The number of benzene rings is 2. The molecule has 0 amide bonds. The molecule has 1 aromatic heterocycles. The Bertz CT molecular complexity index is 1100. The summed E-state index contributed by atoms with van der Waals surface area (Å²) in [5, 5.41) is 7.68. The molecule has 3 aromatic rings. The van der Waals surface area contributed by atoms with Gasteiger partial charge in [0.15, 0.2) is 0 Å². The molecule has 2 aromatic carbocycles. The minimum Gasteiger partial charge on any atom is -0.489 e. The smallest absolute Gasteiger partial charge is 0.206 e. The molecule has 2 aliphatic heterocycles. The predicted octanol–water partition coefficient (Wildman–Crippen LogP) is 2.60. The van der Waals surface area contributed by atoms with Crippen molar-refractivity contribution in [2.24, 2.45) is 0 Å². The summed E-state index contributed by atoms with van der Waals surface area (Å²) < 4.78 is 34.6. The average molecular weight is 395 g/mol. The number of rotatable bonds is 4. The number of ether oxygens (including phenoxy) is 1. The summed E-state index contributed by atoms with van der Waals surface area (Å²) in [5.74, 6) is 0.993. The van der Waals surface area contributed by atoms with Gasteiger partial charge in [-0.05, 0) is 43.3 Å². The van der Waals surface area contributed by atoms with E-state index in [2.05, 4.69) is 10.4 Å². The van der Waals surface area contributed by atoms with Crippen LogP contribution in [-0.4, -0.2) is 37.4 Å². The summed E-state index contributed by atoms with van der Waals surface area (Å²) in [4.78, 5) is 0.617. The van der Waals surface area contributed by atoms with E-state index in [-0.39, 0.29) is 12.0 Å². The molecule has 0 aliphatic carbocycles. The van der Waals surface area contributed by atoms with Crippen LogP contribution in [0.5, 0.6) is 5.75 Å². The predicted molar refractivity (Wildman–Crippen MR) is 104 cm³/mol. The monoisotopic (exact) mass is 395 g/mol. The van der Waals surface area contributed by atoms with Crippen molar-refractivity contribution in [3.05, 3.63) is 72.1 Å². The number of hydrogen-bond acceptors (Lipinski definition) is 5. The Balaban J connectivity index is 1.65.